The quantitative estimate of drug-likeness (QED) is 0.765. The standard InChI is InChI=1S/C18H19N3O3/c1-12-5-3-4-6-15(12)20-21-16-8-7-14(11-13(16)2)19-17(22)9-10-18(23)24/h3-8,11H,9-10H2,1-2H3,(H,19,22)(H,23,24). The number of nitrogens with zero attached hydrogens (tertiary/aromatic N) is 2. The molecule has 0 aliphatic heterocycles. The highest BCUT2D eigenvalue weighted by molar-refractivity contribution is 5.92. The second-order valence-corrected chi connectivity index (χ2v) is 5.43. The van der Waals surface area contributed by atoms with Gasteiger partial charge in [-0.15, -0.1) is 0 Å². The van der Waals surface area contributed by atoms with E-state index in [-0.39, 0.29) is 18.7 Å². The lowest BCUT2D eigenvalue weighted by atomic mass is 10.2. The minimum absolute atomic E-state index is 0.0525. The average molecular weight is 325 g/mol. The lowest BCUT2D eigenvalue weighted by Gasteiger charge is -2.07. The maximum absolute atomic E-state index is 11.6. The molecule has 6 nitrogen and oxygen atoms in total. The van der Waals surface area contributed by atoms with Gasteiger partial charge in [0.2, 0.25) is 5.91 Å². The molecule has 0 saturated carbocycles. The summed E-state index contributed by atoms with van der Waals surface area (Å²) in [7, 11) is 0. The monoisotopic (exact) mass is 325 g/mol. The second kappa shape index (κ2) is 8.01. The van der Waals surface area contributed by atoms with Crippen LogP contribution in [0.2, 0.25) is 0 Å². The lowest BCUT2D eigenvalue weighted by molar-refractivity contribution is -0.138. The van der Waals surface area contributed by atoms with Crippen LogP contribution >= 0.6 is 0 Å². The largest absolute Gasteiger partial charge is 0.481 e. The van der Waals surface area contributed by atoms with Gasteiger partial charge >= 0.3 is 5.97 Å². The van der Waals surface area contributed by atoms with Gasteiger partial charge in [-0.05, 0) is 49.2 Å². The molecule has 2 aromatic carbocycles. The van der Waals surface area contributed by atoms with Gasteiger partial charge in [-0.3, -0.25) is 9.59 Å². The first-order valence-corrected chi connectivity index (χ1v) is 7.55. The molecular weight excluding hydrogens is 306 g/mol. The summed E-state index contributed by atoms with van der Waals surface area (Å²) in [6, 6.07) is 13.0. The van der Waals surface area contributed by atoms with Crippen molar-refractivity contribution in [3.8, 4) is 0 Å². The molecule has 24 heavy (non-hydrogen) atoms. The van der Waals surface area contributed by atoms with Gasteiger partial charge in [0.25, 0.3) is 0 Å². The van der Waals surface area contributed by atoms with Crippen molar-refractivity contribution in [1.82, 2.24) is 0 Å². The number of azo groups is 1. The van der Waals surface area contributed by atoms with Crippen LogP contribution in [-0.2, 0) is 9.59 Å². The lowest BCUT2D eigenvalue weighted by Crippen LogP contribution is -2.13. The minimum atomic E-state index is -0.992. The third-order valence-corrected chi connectivity index (χ3v) is 3.43. The molecule has 1 amide bonds. The van der Waals surface area contributed by atoms with Crippen molar-refractivity contribution in [2.75, 3.05) is 5.32 Å². The first-order valence-electron chi connectivity index (χ1n) is 7.55. The first-order chi connectivity index (χ1) is 11.5. The number of carboxylic acid groups (broad SMARTS) is 1. The Morgan fingerprint density at radius 1 is 0.958 bits per heavy atom. The van der Waals surface area contributed by atoms with Gasteiger partial charge in [-0.1, -0.05) is 18.2 Å². The summed E-state index contributed by atoms with van der Waals surface area (Å²) in [4.78, 5) is 22.1. The van der Waals surface area contributed by atoms with E-state index in [9.17, 15) is 9.59 Å². The second-order valence-electron chi connectivity index (χ2n) is 5.43. The zero-order valence-corrected chi connectivity index (χ0v) is 13.6. The molecule has 0 heterocycles. The van der Waals surface area contributed by atoms with Crippen LogP contribution in [0.1, 0.15) is 24.0 Å². The molecule has 0 atom stereocenters. The number of hydrogen-bond donors (Lipinski definition) is 2. The summed E-state index contributed by atoms with van der Waals surface area (Å²) in [6.45, 7) is 3.84. The SMILES string of the molecule is Cc1ccccc1N=Nc1ccc(NC(=O)CCC(=O)O)cc1C. The molecule has 0 radical (unpaired) electrons. The molecule has 0 bridgehead atoms. The van der Waals surface area contributed by atoms with E-state index in [1.165, 1.54) is 0 Å². The fraction of sp³-hybridized carbons (Fsp3) is 0.222. The third-order valence-electron chi connectivity index (χ3n) is 3.43. The number of rotatable bonds is 6. The number of carbonyl (C=O) groups excluding carboxylic acids is 1. The highest BCUT2D eigenvalue weighted by Gasteiger charge is 2.07. The van der Waals surface area contributed by atoms with Gasteiger partial charge in [-0.2, -0.15) is 10.2 Å². The summed E-state index contributed by atoms with van der Waals surface area (Å²) < 4.78 is 0. The number of benzene rings is 2. The molecule has 0 unspecified atom stereocenters. The summed E-state index contributed by atoms with van der Waals surface area (Å²) >= 11 is 0. The fourth-order valence-corrected chi connectivity index (χ4v) is 2.07. The molecule has 2 N–H and O–H groups in total. The molecule has 0 aromatic heterocycles. The van der Waals surface area contributed by atoms with Gasteiger partial charge in [0.15, 0.2) is 0 Å². The fourth-order valence-electron chi connectivity index (χ4n) is 2.07. The maximum atomic E-state index is 11.6. The van der Waals surface area contributed by atoms with Crippen molar-refractivity contribution in [2.45, 2.75) is 26.7 Å². The Bertz CT molecular complexity index is 785. The zero-order valence-electron chi connectivity index (χ0n) is 13.6. The predicted octanol–water partition coefficient (Wildman–Crippen LogP) is 4.52. The van der Waals surface area contributed by atoms with Crippen LogP contribution < -0.4 is 5.32 Å². The van der Waals surface area contributed by atoms with Crippen LogP contribution in [0.25, 0.3) is 0 Å². The highest BCUT2D eigenvalue weighted by Crippen LogP contribution is 2.26. The molecule has 0 aliphatic rings. The van der Waals surface area contributed by atoms with Gasteiger partial charge in [-0.25, -0.2) is 0 Å². The van der Waals surface area contributed by atoms with E-state index < -0.39 is 5.97 Å². The van der Waals surface area contributed by atoms with E-state index >= 15 is 0 Å². The molecule has 0 aliphatic carbocycles. The van der Waals surface area contributed by atoms with E-state index in [4.69, 9.17) is 5.11 Å². The Labute approximate surface area is 140 Å². The summed E-state index contributed by atoms with van der Waals surface area (Å²) in [5.74, 6) is -1.32. The van der Waals surface area contributed by atoms with Crippen molar-refractivity contribution in [1.29, 1.82) is 0 Å². The molecule has 0 fully saturated rings. The normalized spacial score (nSPS) is 10.8. The molecule has 2 aromatic rings. The van der Waals surface area contributed by atoms with E-state index in [0.717, 1.165) is 16.8 Å². The van der Waals surface area contributed by atoms with Gasteiger partial charge in [0.1, 0.15) is 0 Å². The number of nitrogens with one attached hydrogen (secondary N) is 1. The molecule has 0 saturated heterocycles. The Hall–Kier alpha value is -3.02. The van der Waals surface area contributed by atoms with Gasteiger partial charge in [0.05, 0.1) is 17.8 Å². The molecule has 124 valence electrons. The number of amides is 1. The van der Waals surface area contributed by atoms with Gasteiger partial charge < -0.3 is 10.4 Å². The minimum Gasteiger partial charge on any atom is -0.481 e. The van der Waals surface area contributed by atoms with Crippen molar-refractivity contribution >= 4 is 28.9 Å². The molecule has 0 spiro atoms. The summed E-state index contributed by atoms with van der Waals surface area (Å²) in [5, 5.41) is 19.8. The number of hydrogen-bond acceptors (Lipinski definition) is 4. The average Bonchev–Trinajstić information content (AvgIpc) is 2.53. The number of carbonyl (C=O) groups is 2. The third kappa shape index (κ3) is 5.01. The number of carboxylic acids is 1. The van der Waals surface area contributed by atoms with Crippen LogP contribution in [0, 0.1) is 13.8 Å². The van der Waals surface area contributed by atoms with Crippen LogP contribution in [0.4, 0.5) is 17.1 Å². The molecule has 6 heteroatoms. The maximum Gasteiger partial charge on any atom is 0.303 e. The van der Waals surface area contributed by atoms with Crippen molar-refractivity contribution in [3.05, 3.63) is 53.6 Å². The van der Waals surface area contributed by atoms with Crippen molar-refractivity contribution in [2.24, 2.45) is 10.2 Å². The number of aryl methyl sites for hydroxylation is 2. The van der Waals surface area contributed by atoms with Crippen LogP contribution in [-0.4, -0.2) is 17.0 Å². The van der Waals surface area contributed by atoms with Gasteiger partial charge in [0, 0.05) is 12.1 Å². The van der Waals surface area contributed by atoms with E-state index in [1.807, 2.05) is 38.1 Å². The zero-order chi connectivity index (χ0) is 17.5. The number of aliphatic carboxylic acids is 1. The molecule has 2 rings (SSSR count). The number of anilines is 1. The van der Waals surface area contributed by atoms with Crippen molar-refractivity contribution in [3.63, 3.8) is 0 Å². The van der Waals surface area contributed by atoms with Crippen LogP contribution in [0.15, 0.2) is 52.7 Å². The Morgan fingerprint density at radius 2 is 1.62 bits per heavy atom. The van der Waals surface area contributed by atoms with Crippen molar-refractivity contribution < 1.29 is 14.7 Å². The summed E-state index contributed by atoms with van der Waals surface area (Å²) in [6.07, 6.45) is -0.239. The Kier molecular flexibility index (Phi) is 5.78. The molecular formula is C18H19N3O3. The Morgan fingerprint density at radius 3 is 2.25 bits per heavy atom. The summed E-state index contributed by atoms with van der Waals surface area (Å²) in [5.41, 5.74) is 4.03. The topological polar surface area (TPSA) is 91.1 Å². The smallest absolute Gasteiger partial charge is 0.303 e. The van der Waals surface area contributed by atoms with E-state index in [2.05, 4.69) is 15.5 Å². The van der Waals surface area contributed by atoms with E-state index in [0.29, 0.717) is 11.4 Å². The van der Waals surface area contributed by atoms with Crippen LogP contribution in [0.5, 0.6) is 0 Å². The van der Waals surface area contributed by atoms with Crippen LogP contribution in [0.3, 0.4) is 0 Å². The Balaban J connectivity index is 2.06. The predicted molar refractivity (Wildman–Crippen MR) is 92.0 cm³/mol. The highest BCUT2D eigenvalue weighted by atomic mass is 16.4. The van der Waals surface area contributed by atoms with E-state index in [1.54, 1.807) is 18.2 Å². The first kappa shape index (κ1) is 17.3.